The van der Waals surface area contributed by atoms with Crippen molar-refractivity contribution in [1.29, 1.82) is 0 Å². The lowest BCUT2D eigenvalue weighted by Crippen LogP contribution is -2.21. The third-order valence-corrected chi connectivity index (χ3v) is 1.29. The Kier molecular flexibility index (Phi) is 1.65. The van der Waals surface area contributed by atoms with E-state index in [0.717, 1.165) is 13.3 Å². The summed E-state index contributed by atoms with van der Waals surface area (Å²) < 4.78 is 5.04. The van der Waals surface area contributed by atoms with Crippen molar-refractivity contribution in [2.45, 2.75) is 19.4 Å². The quantitative estimate of drug-likeness (QED) is 0.514. The summed E-state index contributed by atoms with van der Waals surface area (Å²) in [4.78, 5) is 0. The first-order valence-electron chi connectivity index (χ1n) is 2.74. The van der Waals surface area contributed by atoms with Gasteiger partial charge in [0.2, 0.25) is 0 Å². The molecule has 0 saturated carbocycles. The van der Waals surface area contributed by atoms with E-state index in [2.05, 4.69) is 12.2 Å². The second-order valence-corrected chi connectivity index (χ2v) is 1.82. The Balaban J connectivity index is 2.14. The lowest BCUT2D eigenvalue weighted by Gasteiger charge is -1.99. The fourth-order valence-electron chi connectivity index (χ4n) is 0.699. The van der Waals surface area contributed by atoms with E-state index in [1.807, 2.05) is 0 Å². The van der Waals surface area contributed by atoms with E-state index < -0.39 is 0 Å². The Morgan fingerprint density at radius 2 is 2.71 bits per heavy atom. The minimum Gasteiger partial charge on any atom is -0.365 e. The molecule has 0 amide bonds. The molecule has 0 radical (unpaired) electrons. The van der Waals surface area contributed by atoms with Gasteiger partial charge >= 0.3 is 0 Å². The van der Waals surface area contributed by atoms with Gasteiger partial charge in [0.05, 0.1) is 13.3 Å². The smallest absolute Gasteiger partial charge is 0.0968 e. The highest BCUT2D eigenvalue weighted by molar-refractivity contribution is 4.65. The van der Waals surface area contributed by atoms with Crippen LogP contribution in [0.2, 0.25) is 0 Å². The molecule has 1 heterocycles. The van der Waals surface area contributed by atoms with Crippen LogP contribution < -0.4 is 5.32 Å². The number of nitrogens with one attached hydrogen (secondary N) is 1. The van der Waals surface area contributed by atoms with Gasteiger partial charge in [0.25, 0.3) is 0 Å². The molecule has 2 nitrogen and oxygen atoms in total. The molecule has 0 aromatic heterocycles. The van der Waals surface area contributed by atoms with Crippen molar-refractivity contribution >= 4 is 0 Å². The molecule has 1 atom stereocenters. The first kappa shape index (κ1) is 5.06. The Labute approximate surface area is 43.9 Å². The predicted molar refractivity (Wildman–Crippen MR) is 28.0 cm³/mol. The molecule has 0 spiro atoms. The van der Waals surface area contributed by atoms with Crippen LogP contribution in [-0.4, -0.2) is 19.4 Å². The monoisotopic (exact) mass is 101 g/mol. The van der Waals surface area contributed by atoms with E-state index in [4.69, 9.17) is 4.74 Å². The Hall–Kier alpha value is -0.0800. The molecule has 1 saturated heterocycles. The van der Waals surface area contributed by atoms with Crippen molar-refractivity contribution in [3.63, 3.8) is 0 Å². The Morgan fingerprint density at radius 1 is 1.86 bits per heavy atom. The zero-order chi connectivity index (χ0) is 5.11. The van der Waals surface area contributed by atoms with Gasteiger partial charge in [0, 0.05) is 6.04 Å². The van der Waals surface area contributed by atoms with Gasteiger partial charge in [-0.2, -0.15) is 0 Å². The van der Waals surface area contributed by atoms with Crippen molar-refractivity contribution in [3.05, 3.63) is 0 Å². The van der Waals surface area contributed by atoms with Crippen molar-refractivity contribution in [3.8, 4) is 0 Å². The lowest BCUT2D eigenvalue weighted by atomic mass is 10.3. The largest absolute Gasteiger partial charge is 0.365 e. The fourth-order valence-corrected chi connectivity index (χ4v) is 0.699. The average molecular weight is 101 g/mol. The van der Waals surface area contributed by atoms with Crippen LogP contribution in [0.1, 0.15) is 13.3 Å². The summed E-state index contributed by atoms with van der Waals surface area (Å²) in [5, 5.41) is 3.18. The summed E-state index contributed by atoms with van der Waals surface area (Å²) >= 11 is 0. The van der Waals surface area contributed by atoms with Gasteiger partial charge in [0.1, 0.15) is 0 Å². The highest BCUT2D eigenvalue weighted by Crippen LogP contribution is 1.96. The summed E-state index contributed by atoms with van der Waals surface area (Å²) in [7, 11) is 0. The molecule has 7 heavy (non-hydrogen) atoms. The summed E-state index contributed by atoms with van der Waals surface area (Å²) in [5.41, 5.74) is 0. The van der Waals surface area contributed by atoms with Gasteiger partial charge < -0.3 is 4.74 Å². The molecule has 1 unspecified atom stereocenters. The van der Waals surface area contributed by atoms with E-state index in [0.29, 0.717) is 6.04 Å². The minimum atomic E-state index is 0.625. The summed E-state index contributed by atoms with van der Waals surface area (Å²) in [5.74, 6) is 0. The summed E-state index contributed by atoms with van der Waals surface area (Å²) in [6, 6.07) is 0.625. The van der Waals surface area contributed by atoms with E-state index in [1.54, 1.807) is 0 Å². The van der Waals surface area contributed by atoms with Gasteiger partial charge in [-0.3, -0.25) is 5.32 Å². The maximum Gasteiger partial charge on any atom is 0.0968 e. The van der Waals surface area contributed by atoms with Crippen LogP contribution in [0.25, 0.3) is 0 Å². The van der Waals surface area contributed by atoms with Crippen molar-refractivity contribution in [2.24, 2.45) is 0 Å². The van der Waals surface area contributed by atoms with Crippen LogP contribution in [0.4, 0.5) is 0 Å². The zero-order valence-corrected chi connectivity index (χ0v) is 4.61. The first-order valence-corrected chi connectivity index (χ1v) is 2.74. The normalized spacial score (nSPS) is 31.3. The van der Waals surface area contributed by atoms with Crippen LogP contribution in [0, 0.1) is 0 Å². The maximum atomic E-state index is 5.04. The molecular weight excluding hydrogens is 90.1 g/mol. The third-order valence-electron chi connectivity index (χ3n) is 1.29. The minimum absolute atomic E-state index is 0.625. The third kappa shape index (κ3) is 1.14. The lowest BCUT2D eigenvalue weighted by molar-refractivity contribution is 0.189. The van der Waals surface area contributed by atoms with E-state index in [1.165, 1.54) is 6.42 Å². The second kappa shape index (κ2) is 2.28. The molecular formula is C5H11NO. The van der Waals surface area contributed by atoms with Crippen LogP contribution >= 0.6 is 0 Å². The molecule has 1 rings (SSSR count). The van der Waals surface area contributed by atoms with Crippen LogP contribution in [-0.2, 0) is 4.74 Å². The number of hydrogen-bond acceptors (Lipinski definition) is 2. The van der Waals surface area contributed by atoms with Gasteiger partial charge in [-0.05, 0) is 6.42 Å². The molecule has 2 heteroatoms. The Bertz CT molecular complexity index is 50.0. The number of rotatable bonds is 1. The van der Waals surface area contributed by atoms with Gasteiger partial charge in [0.15, 0.2) is 0 Å². The van der Waals surface area contributed by atoms with Crippen molar-refractivity contribution < 1.29 is 4.74 Å². The van der Waals surface area contributed by atoms with Crippen molar-refractivity contribution in [2.75, 3.05) is 13.3 Å². The zero-order valence-electron chi connectivity index (χ0n) is 4.61. The fraction of sp³-hybridized carbons (Fsp3) is 1.00. The Morgan fingerprint density at radius 3 is 3.00 bits per heavy atom. The SMILES string of the molecule is CCC1COCN1. The topological polar surface area (TPSA) is 21.3 Å². The molecule has 1 fully saturated rings. The molecule has 0 bridgehead atoms. The molecule has 1 aliphatic heterocycles. The molecule has 0 aliphatic carbocycles. The van der Waals surface area contributed by atoms with E-state index >= 15 is 0 Å². The molecule has 42 valence electrons. The van der Waals surface area contributed by atoms with E-state index in [9.17, 15) is 0 Å². The summed E-state index contributed by atoms with van der Waals surface area (Å²) in [6.45, 7) is 3.81. The van der Waals surface area contributed by atoms with Gasteiger partial charge in [-0.25, -0.2) is 0 Å². The summed E-state index contributed by atoms with van der Waals surface area (Å²) in [6.07, 6.45) is 1.18. The molecule has 0 aromatic carbocycles. The maximum absolute atomic E-state index is 5.04. The average Bonchev–Trinajstić information content (AvgIpc) is 2.14. The van der Waals surface area contributed by atoms with Gasteiger partial charge in [-0.1, -0.05) is 6.92 Å². The van der Waals surface area contributed by atoms with E-state index in [-0.39, 0.29) is 0 Å². The number of ether oxygens (including phenoxy) is 1. The van der Waals surface area contributed by atoms with Crippen LogP contribution in [0.5, 0.6) is 0 Å². The molecule has 1 N–H and O–H groups in total. The predicted octanol–water partition coefficient (Wildman–Crippen LogP) is 0.342. The molecule has 1 aliphatic rings. The number of hydrogen-bond donors (Lipinski definition) is 1. The van der Waals surface area contributed by atoms with Crippen LogP contribution in [0.15, 0.2) is 0 Å². The molecule has 0 aromatic rings. The first-order chi connectivity index (χ1) is 3.43. The highest BCUT2D eigenvalue weighted by atomic mass is 16.5. The van der Waals surface area contributed by atoms with Crippen LogP contribution in [0.3, 0.4) is 0 Å². The van der Waals surface area contributed by atoms with Crippen molar-refractivity contribution in [1.82, 2.24) is 5.32 Å². The highest BCUT2D eigenvalue weighted by Gasteiger charge is 2.09. The van der Waals surface area contributed by atoms with Gasteiger partial charge in [-0.15, -0.1) is 0 Å². The standard InChI is InChI=1S/C5H11NO/c1-2-5-3-7-4-6-5/h5-6H,2-4H2,1H3. The second-order valence-electron chi connectivity index (χ2n) is 1.82.